The quantitative estimate of drug-likeness (QED) is 0.654. The van der Waals surface area contributed by atoms with Crippen LogP contribution in [0.5, 0.6) is 5.75 Å². The van der Waals surface area contributed by atoms with Gasteiger partial charge in [-0.25, -0.2) is 9.07 Å². The molecule has 0 aliphatic heterocycles. The third-order valence-corrected chi connectivity index (χ3v) is 3.96. The number of ether oxygens (including phenoxy) is 1. The van der Waals surface area contributed by atoms with E-state index in [2.05, 4.69) is 11.2 Å². The van der Waals surface area contributed by atoms with Gasteiger partial charge in [-0.15, -0.1) is 0 Å². The minimum Gasteiger partial charge on any atom is -0.487 e. The van der Waals surface area contributed by atoms with E-state index in [0.29, 0.717) is 17.0 Å². The van der Waals surface area contributed by atoms with E-state index in [1.54, 1.807) is 11.6 Å². The van der Waals surface area contributed by atoms with E-state index in [1.807, 2.05) is 30.3 Å². The number of hydrogen-bond acceptors (Lipinski definition) is 4. The molecular formula is C20H16FN3O2. The average Bonchev–Trinajstić information content (AvgIpc) is 2.96. The molecule has 1 heterocycles. The number of hydrogen-bond donors (Lipinski definition) is 0. The number of ketones is 1. The van der Waals surface area contributed by atoms with Crippen LogP contribution in [0.25, 0.3) is 5.69 Å². The first-order valence-electron chi connectivity index (χ1n) is 7.98. The number of nitriles is 1. The molecule has 3 rings (SSSR count). The summed E-state index contributed by atoms with van der Waals surface area (Å²) in [6.45, 7) is 3.10. The predicted molar refractivity (Wildman–Crippen MR) is 93.8 cm³/mol. The molecule has 0 radical (unpaired) electrons. The van der Waals surface area contributed by atoms with Gasteiger partial charge in [0.25, 0.3) is 0 Å². The molecule has 0 saturated heterocycles. The first-order chi connectivity index (χ1) is 12.5. The van der Waals surface area contributed by atoms with Crippen LogP contribution in [-0.2, 0) is 6.61 Å². The number of benzene rings is 2. The molecule has 0 atom stereocenters. The molecule has 0 aliphatic rings. The van der Waals surface area contributed by atoms with Crippen molar-refractivity contribution in [1.29, 1.82) is 5.26 Å². The smallest absolute Gasteiger partial charge is 0.162 e. The second kappa shape index (κ2) is 7.19. The summed E-state index contributed by atoms with van der Waals surface area (Å²) in [5.74, 6) is -0.711. The number of para-hydroxylation sites is 1. The molecule has 0 amide bonds. The van der Waals surface area contributed by atoms with Crippen LogP contribution in [0.2, 0.25) is 0 Å². The van der Waals surface area contributed by atoms with Crippen LogP contribution >= 0.6 is 0 Å². The summed E-state index contributed by atoms with van der Waals surface area (Å²) in [7, 11) is 0. The zero-order valence-corrected chi connectivity index (χ0v) is 14.4. The van der Waals surface area contributed by atoms with Crippen molar-refractivity contribution in [3.8, 4) is 17.5 Å². The fourth-order valence-electron chi connectivity index (χ4n) is 2.66. The van der Waals surface area contributed by atoms with Gasteiger partial charge in [0, 0.05) is 6.07 Å². The van der Waals surface area contributed by atoms with Crippen molar-refractivity contribution in [2.75, 3.05) is 0 Å². The molecule has 0 aliphatic carbocycles. The van der Waals surface area contributed by atoms with E-state index < -0.39 is 5.82 Å². The summed E-state index contributed by atoms with van der Waals surface area (Å²) >= 11 is 0. The SMILES string of the molecule is CC(=O)c1ccc(OCc2c(C#N)c(C)nn2-c2ccccc2)cc1F. The van der Waals surface area contributed by atoms with Gasteiger partial charge in [0.05, 0.1) is 22.6 Å². The predicted octanol–water partition coefficient (Wildman–Crippen LogP) is 3.97. The normalized spacial score (nSPS) is 10.4. The van der Waals surface area contributed by atoms with Crippen molar-refractivity contribution in [3.63, 3.8) is 0 Å². The molecule has 6 heteroatoms. The van der Waals surface area contributed by atoms with Crippen LogP contribution in [0.1, 0.15) is 34.2 Å². The second-order valence-corrected chi connectivity index (χ2v) is 5.75. The Bertz CT molecular complexity index is 1000. The molecule has 130 valence electrons. The molecule has 0 spiro atoms. The Morgan fingerprint density at radius 1 is 1.27 bits per heavy atom. The lowest BCUT2D eigenvalue weighted by Crippen LogP contribution is -2.07. The zero-order chi connectivity index (χ0) is 18.7. The molecule has 0 bridgehead atoms. The minimum absolute atomic E-state index is 0.0141. The van der Waals surface area contributed by atoms with E-state index >= 15 is 0 Å². The van der Waals surface area contributed by atoms with Crippen molar-refractivity contribution in [3.05, 3.63) is 76.9 Å². The lowest BCUT2D eigenvalue weighted by Gasteiger charge is -2.10. The third-order valence-electron chi connectivity index (χ3n) is 3.96. The maximum Gasteiger partial charge on any atom is 0.162 e. The molecule has 3 aromatic rings. The van der Waals surface area contributed by atoms with Gasteiger partial charge in [-0.2, -0.15) is 10.4 Å². The van der Waals surface area contributed by atoms with E-state index in [4.69, 9.17) is 4.74 Å². The highest BCUT2D eigenvalue weighted by atomic mass is 19.1. The molecule has 2 aromatic carbocycles. The number of Topliss-reactive ketones (excluding diaryl/α,β-unsaturated/α-hetero) is 1. The van der Waals surface area contributed by atoms with Crippen LogP contribution in [0.15, 0.2) is 48.5 Å². The van der Waals surface area contributed by atoms with Crippen LogP contribution in [0.3, 0.4) is 0 Å². The van der Waals surface area contributed by atoms with Gasteiger partial charge in [-0.3, -0.25) is 4.79 Å². The van der Waals surface area contributed by atoms with E-state index in [-0.39, 0.29) is 23.7 Å². The largest absolute Gasteiger partial charge is 0.487 e. The molecule has 0 N–H and O–H groups in total. The molecular weight excluding hydrogens is 333 g/mol. The first kappa shape index (κ1) is 17.4. The highest BCUT2D eigenvalue weighted by Crippen LogP contribution is 2.22. The van der Waals surface area contributed by atoms with Crippen molar-refractivity contribution in [2.24, 2.45) is 0 Å². The molecule has 1 aromatic heterocycles. The summed E-state index contributed by atoms with van der Waals surface area (Å²) in [5, 5.41) is 13.9. The summed E-state index contributed by atoms with van der Waals surface area (Å²) in [6.07, 6.45) is 0. The minimum atomic E-state index is -0.636. The zero-order valence-electron chi connectivity index (χ0n) is 14.4. The van der Waals surface area contributed by atoms with Crippen LogP contribution in [0, 0.1) is 24.1 Å². The van der Waals surface area contributed by atoms with Crippen LogP contribution < -0.4 is 4.74 Å². The lowest BCUT2D eigenvalue weighted by molar-refractivity contribution is 0.101. The van der Waals surface area contributed by atoms with Crippen molar-refractivity contribution >= 4 is 5.78 Å². The van der Waals surface area contributed by atoms with Gasteiger partial charge in [0.1, 0.15) is 29.8 Å². The monoisotopic (exact) mass is 349 g/mol. The van der Waals surface area contributed by atoms with Gasteiger partial charge < -0.3 is 4.74 Å². The van der Waals surface area contributed by atoms with Crippen LogP contribution in [-0.4, -0.2) is 15.6 Å². The number of nitrogens with zero attached hydrogens (tertiary/aromatic N) is 3. The van der Waals surface area contributed by atoms with Gasteiger partial charge in [-0.05, 0) is 38.1 Å². The Morgan fingerprint density at radius 3 is 2.62 bits per heavy atom. The Balaban J connectivity index is 1.92. The number of rotatable bonds is 5. The highest BCUT2D eigenvalue weighted by molar-refractivity contribution is 5.94. The van der Waals surface area contributed by atoms with Gasteiger partial charge in [-0.1, -0.05) is 18.2 Å². The molecule has 0 saturated carbocycles. The highest BCUT2D eigenvalue weighted by Gasteiger charge is 2.17. The van der Waals surface area contributed by atoms with Crippen LogP contribution in [0.4, 0.5) is 4.39 Å². The van der Waals surface area contributed by atoms with E-state index in [0.717, 1.165) is 5.69 Å². The number of halogens is 1. The average molecular weight is 349 g/mol. The molecule has 0 fully saturated rings. The Morgan fingerprint density at radius 2 is 2.00 bits per heavy atom. The van der Waals surface area contributed by atoms with Gasteiger partial charge >= 0.3 is 0 Å². The maximum absolute atomic E-state index is 13.9. The Kier molecular flexibility index (Phi) is 4.81. The third kappa shape index (κ3) is 3.33. The van der Waals surface area contributed by atoms with Crippen molar-refractivity contribution in [1.82, 2.24) is 9.78 Å². The number of aromatic nitrogens is 2. The lowest BCUT2D eigenvalue weighted by atomic mass is 10.1. The first-order valence-corrected chi connectivity index (χ1v) is 7.98. The topological polar surface area (TPSA) is 67.9 Å². The molecule has 0 unspecified atom stereocenters. The summed E-state index contributed by atoms with van der Waals surface area (Å²) in [6, 6.07) is 15.6. The Hall–Kier alpha value is -3.46. The number of carbonyl (C=O) groups is 1. The molecule has 5 nitrogen and oxygen atoms in total. The standard InChI is InChI=1S/C20H16FN3O2/c1-13-18(11-22)20(24(23-13)15-6-4-3-5-7-15)12-26-16-8-9-17(14(2)25)19(21)10-16/h3-10H,12H2,1-2H3. The van der Waals surface area contributed by atoms with Gasteiger partial charge in [0.15, 0.2) is 5.78 Å². The van der Waals surface area contributed by atoms with Crippen molar-refractivity contribution < 1.29 is 13.9 Å². The molecule has 26 heavy (non-hydrogen) atoms. The summed E-state index contributed by atoms with van der Waals surface area (Å²) < 4.78 is 21.3. The van der Waals surface area contributed by atoms with E-state index in [1.165, 1.54) is 25.1 Å². The van der Waals surface area contributed by atoms with Gasteiger partial charge in [0.2, 0.25) is 0 Å². The summed E-state index contributed by atoms with van der Waals surface area (Å²) in [5.41, 5.74) is 2.41. The summed E-state index contributed by atoms with van der Waals surface area (Å²) in [4.78, 5) is 11.3. The van der Waals surface area contributed by atoms with E-state index in [9.17, 15) is 14.4 Å². The fraction of sp³-hybridized carbons (Fsp3) is 0.150. The number of aryl methyl sites for hydroxylation is 1. The van der Waals surface area contributed by atoms with Crippen molar-refractivity contribution in [2.45, 2.75) is 20.5 Å². The Labute approximate surface area is 150 Å². The fourth-order valence-corrected chi connectivity index (χ4v) is 2.66. The number of carbonyl (C=O) groups excluding carboxylic acids is 1. The second-order valence-electron chi connectivity index (χ2n) is 5.75. The maximum atomic E-state index is 13.9.